The lowest BCUT2D eigenvalue weighted by Crippen LogP contribution is -2.43. The fourth-order valence-corrected chi connectivity index (χ4v) is 5.34. The summed E-state index contributed by atoms with van der Waals surface area (Å²) in [6.07, 6.45) is 1.11. The lowest BCUT2D eigenvalue weighted by Gasteiger charge is -2.31. The molecular formula is C26H19FN2O4S. The number of fused-ring (bicyclic) bond motifs is 4. The largest absolute Gasteiger partial charge is 0.467 e. The molecular weight excluding hydrogens is 455 g/mol. The summed E-state index contributed by atoms with van der Waals surface area (Å²) in [4.78, 5) is 31.9. The highest BCUT2D eigenvalue weighted by Crippen LogP contribution is 2.31. The lowest BCUT2D eigenvalue weighted by atomic mass is 10.0. The van der Waals surface area contributed by atoms with Crippen molar-refractivity contribution in [3.8, 4) is 5.19 Å². The Labute approximate surface area is 197 Å². The van der Waals surface area contributed by atoms with Gasteiger partial charge < -0.3 is 14.1 Å². The number of hydrogen-bond acceptors (Lipinski definition) is 6. The molecule has 0 saturated carbocycles. The summed E-state index contributed by atoms with van der Waals surface area (Å²) in [7, 11) is 0. The minimum atomic E-state index is -0.632. The van der Waals surface area contributed by atoms with Crippen LogP contribution in [0.1, 0.15) is 23.2 Å². The Balaban J connectivity index is 1.20. The number of rotatable bonds is 3. The molecule has 34 heavy (non-hydrogen) atoms. The fraction of sp³-hybridized carbons (Fsp3) is 0.192. The number of ether oxygens (including phenoxy) is 1. The van der Waals surface area contributed by atoms with Gasteiger partial charge in [0.25, 0.3) is 11.1 Å². The van der Waals surface area contributed by atoms with Gasteiger partial charge in [-0.15, -0.1) is 0 Å². The summed E-state index contributed by atoms with van der Waals surface area (Å²) in [5.74, 6) is -0.641. The van der Waals surface area contributed by atoms with Crippen molar-refractivity contribution in [1.29, 1.82) is 0 Å². The van der Waals surface area contributed by atoms with Gasteiger partial charge in [0.1, 0.15) is 23.1 Å². The van der Waals surface area contributed by atoms with Crippen molar-refractivity contribution in [2.24, 2.45) is 0 Å². The van der Waals surface area contributed by atoms with Crippen LogP contribution in [0.4, 0.5) is 4.39 Å². The molecule has 3 aromatic carbocycles. The normalized spacial score (nSPS) is 14.8. The summed E-state index contributed by atoms with van der Waals surface area (Å²) in [5.41, 5.74) is 0.567. The predicted octanol–water partition coefficient (Wildman–Crippen LogP) is 5.38. The van der Waals surface area contributed by atoms with Gasteiger partial charge in [-0.25, -0.2) is 14.2 Å². The van der Waals surface area contributed by atoms with Crippen LogP contribution in [0.2, 0.25) is 0 Å². The standard InChI is InChI=1S/C26H19FN2O4S/c27-16-6-7-21-23(13-16)34-26(28-21)32-17-9-11-29(12-10-17)24(30)20-14-19-18-4-2-1-3-15(18)5-8-22(19)33-25(20)31/h1-8,13-14,17H,9-12H2. The third kappa shape index (κ3) is 3.70. The van der Waals surface area contributed by atoms with E-state index in [1.807, 2.05) is 30.3 Å². The van der Waals surface area contributed by atoms with Crippen molar-refractivity contribution >= 4 is 49.2 Å². The highest BCUT2D eigenvalue weighted by Gasteiger charge is 2.27. The van der Waals surface area contributed by atoms with E-state index in [1.165, 1.54) is 23.5 Å². The van der Waals surface area contributed by atoms with Crippen LogP contribution in [-0.2, 0) is 0 Å². The SMILES string of the molecule is O=C(c1cc2c(ccc3ccccc32)oc1=O)N1CCC(Oc2nc3ccc(F)cc3s2)CC1. The van der Waals surface area contributed by atoms with E-state index in [0.717, 1.165) is 20.9 Å². The number of hydrogen-bond donors (Lipinski definition) is 0. The maximum atomic E-state index is 13.4. The number of likely N-dealkylation sites (tertiary alicyclic amines) is 1. The lowest BCUT2D eigenvalue weighted by molar-refractivity contribution is 0.0592. The molecule has 8 heteroatoms. The number of thiazole rings is 1. The first-order valence-corrected chi connectivity index (χ1v) is 11.8. The van der Waals surface area contributed by atoms with Crippen LogP contribution in [-0.4, -0.2) is 35.0 Å². The molecule has 1 saturated heterocycles. The second kappa shape index (κ2) is 8.22. The number of carbonyl (C=O) groups is 1. The second-order valence-electron chi connectivity index (χ2n) is 8.35. The zero-order valence-electron chi connectivity index (χ0n) is 18.0. The zero-order chi connectivity index (χ0) is 23.2. The van der Waals surface area contributed by atoms with Crippen molar-refractivity contribution in [3.63, 3.8) is 0 Å². The van der Waals surface area contributed by atoms with E-state index in [4.69, 9.17) is 9.15 Å². The summed E-state index contributed by atoms with van der Waals surface area (Å²) in [6, 6.07) is 17.5. The van der Waals surface area contributed by atoms with E-state index in [0.29, 0.717) is 42.2 Å². The molecule has 5 aromatic rings. The molecule has 6 rings (SSSR count). The summed E-state index contributed by atoms with van der Waals surface area (Å²) < 4.78 is 25.7. The number of carbonyl (C=O) groups excluding carboxylic acids is 1. The Hall–Kier alpha value is -3.78. The molecule has 0 N–H and O–H groups in total. The number of benzene rings is 3. The van der Waals surface area contributed by atoms with Crippen molar-refractivity contribution in [3.05, 3.63) is 82.5 Å². The molecule has 6 nitrogen and oxygen atoms in total. The molecule has 0 aliphatic carbocycles. The molecule has 1 fully saturated rings. The van der Waals surface area contributed by atoms with Gasteiger partial charge in [-0.05, 0) is 41.1 Å². The minimum Gasteiger partial charge on any atom is -0.467 e. The molecule has 1 amide bonds. The van der Waals surface area contributed by atoms with E-state index in [1.54, 1.807) is 23.1 Å². The quantitative estimate of drug-likeness (QED) is 0.259. The number of amides is 1. The summed E-state index contributed by atoms with van der Waals surface area (Å²) in [6.45, 7) is 0.909. The van der Waals surface area contributed by atoms with Crippen molar-refractivity contribution in [1.82, 2.24) is 9.88 Å². The average molecular weight is 475 g/mol. The highest BCUT2D eigenvalue weighted by atomic mass is 32.1. The van der Waals surface area contributed by atoms with Gasteiger partial charge in [0.15, 0.2) is 0 Å². The van der Waals surface area contributed by atoms with Gasteiger partial charge in [0, 0.05) is 31.3 Å². The second-order valence-corrected chi connectivity index (χ2v) is 9.34. The van der Waals surface area contributed by atoms with Crippen molar-refractivity contribution in [2.45, 2.75) is 18.9 Å². The van der Waals surface area contributed by atoms with Gasteiger partial charge in [-0.1, -0.05) is 41.7 Å². The molecule has 0 unspecified atom stereocenters. The smallest absolute Gasteiger partial charge is 0.349 e. The van der Waals surface area contributed by atoms with E-state index >= 15 is 0 Å². The molecule has 2 aromatic heterocycles. The topological polar surface area (TPSA) is 72.6 Å². The molecule has 0 atom stereocenters. The average Bonchev–Trinajstić information content (AvgIpc) is 3.25. The number of nitrogens with zero attached hydrogens (tertiary/aromatic N) is 2. The summed E-state index contributed by atoms with van der Waals surface area (Å²) in [5, 5.41) is 3.18. The van der Waals surface area contributed by atoms with Crippen molar-refractivity contribution in [2.75, 3.05) is 13.1 Å². The first-order valence-electron chi connectivity index (χ1n) is 11.0. The summed E-state index contributed by atoms with van der Waals surface area (Å²) >= 11 is 1.31. The van der Waals surface area contributed by atoms with E-state index in [2.05, 4.69) is 4.98 Å². The van der Waals surface area contributed by atoms with Crippen LogP contribution in [0.25, 0.3) is 32.0 Å². The Bertz CT molecular complexity index is 1620. The van der Waals surface area contributed by atoms with Gasteiger partial charge in [-0.2, -0.15) is 0 Å². The molecule has 0 bridgehead atoms. The maximum Gasteiger partial charge on any atom is 0.349 e. The number of halogens is 1. The van der Waals surface area contributed by atoms with Gasteiger partial charge in [-0.3, -0.25) is 4.79 Å². The minimum absolute atomic E-state index is 0.0384. The number of aromatic nitrogens is 1. The highest BCUT2D eigenvalue weighted by molar-refractivity contribution is 7.20. The maximum absolute atomic E-state index is 13.4. The first-order chi connectivity index (χ1) is 16.5. The third-order valence-corrected chi connectivity index (χ3v) is 7.11. The van der Waals surface area contributed by atoms with Crippen LogP contribution in [0.5, 0.6) is 5.19 Å². The monoisotopic (exact) mass is 474 g/mol. The van der Waals surface area contributed by atoms with Gasteiger partial charge in [0.2, 0.25) is 0 Å². The molecule has 1 aliphatic rings. The third-order valence-electron chi connectivity index (χ3n) is 6.20. The van der Waals surface area contributed by atoms with Crippen LogP contribution < -0.4 is 10.4 Å². The molecule has 170 valence electrons. The van der Waals surface area contributed by atoms with Crippen LogP contribution in [0.3, 0.4) is 0 Å². The molecule has 1 aliphatic heterocycles. The zero-order valence-corrected chi connectivity index (χ0v) is 18.8. The Kier molecular flexibility index (Phi) is 5.03. The Morgan fingerprint density at radius 3 is 2.74 bits per heavy atom. The van der Waals surface area contributed by atoms with E-state index in [-0.39, 0.29) is 23.4 Å². The van der Waals surface area contributed by atoms with Gasteiger partial charge >= 0.3 is 5.63 Å². The van der Waals surface area contributed by atoms with E-state index < -0.39 is 5.63 Å². The van der Waals surface area contributed by atoms with Crippen molar-refractivity contribution < 1.29 is 18.3 Å². The van der Waals surface area contributed by atoms with Crippen LogP contribution >= 0.6 is 11.3 Å². The first kappa shape index (κ1) is 20.8. The molecule has 0 radical (unpaired) electrons. The number of piperidine rings is 1. The van der Waals surface area contributed by atoms with E-state index in [9.17, 15) is 14.0 Å². The van der Waals surface area contributed by atoms with Gasteiger partial charge in [0.05, 0.1) is 10.2 Å². The predicted molar refractivity (Wildman–Crippen MR) is 129 cm³/mol. The molecule has 0 spiro atoms. The van der Waals surface area contributed by atoms with Crippen LogP contribution in [0, 0.1) is 5.82 Å². The fourth-order valence-electron chi connectivity index (χ4n) is 4.44. The Morgan fingerprint density at radius 2 is 1.88 bits per heavy atom. The van der Waals surface area contributed by atoms with Crippen LogP contribution in [0.15, 0.2) is 69.9 Å². The Morgan fingerprint density at radius 1 is 1.06 bits per heavy atom. The molecule has 3 heterocycles.